The summed E-state index contributed by atoms with van der Waals surface area (Å²) in [5.74, 6) is -4.70. The molecule has 0 bridgehead atoms. The Morgan fingerprint density at radius 1 is 0.978 bits per heavy atom. The van der Waals surface area contributed by atoms with Crippen LogP contribution in [0.1, 0.15) is 98.3 Å². The van der Waals surface area contributed by atoms with Crippen LogP contribution in [0.25, 0.3) is 0 Å². The molecule has 0 unspecified atom stereocenters. The molecule has 0 aromatic rings. The van der Waals surface area contributed by atoms with Gasteiger partial charge in [0.05, 0.1) is 32.2 Å². The Labute approximate surface area is 268 Å². The summed E-state index contributed by atoms with van der Waals surface area (Å²) in [6.07, 6.45) is 11.6. The number of carbonyl (C=O) groups is 5. The number of nitrogens with one attached hydrogen (secondary N) is 2. The Kier molecular flexibility index (Phi) is 19.3. The van der Waals surface area contributed by atoms with Crippen LogP contribution in [-0.4, -0.2) is 96.4 Å². The standard InChI is InChI=1S/C33H57N3O9/c1-22(2)16-14-12-10-8-7-9-11-13-15-17-23(3)30-24(4)31(41)34-25(21-37)18-19-27(39)36(5)20-26(38)35-28(32(42)45-30)29(40)33(43)44-6/h18-19,22-25,28-30,37,40H,7-17,20-21H2,1-6H3,(H,34,41)(H,35,38)/b19-18+/t23-,24+,25-,28+,29+,30+/m1/s1. The molecule has 6 atom stereocenters. The first-order valence-electron chi connectivity index (χ1n) is 16.4. The summed E-state index contributed by atoms with van der Waals surface area (Å²) in [6.45, 7) is 6.94. The molecule has 1 heterocycles. The molecule has 1 rings (SSSR count). The van der Waals surface area contributed by atoms with Crippen LogP contribution < -0.4 is 10.6 Å². The summed E-state index contributed by atoms with van der Waals surface area (Å²) >= 11 is 0. The SMILES string of the molecule is COC(=O)[C@@H](O)[C@@H]1NC(=O)CN(C)C(=O)/C=C/[C@H](CO)NC(=O)[C@@H](C)[C@H]([C@H](C)CCCCCCCCCCCC(C)C)OC1=O. The van der Waals surface area contributed by atoms with E-state index in [-0.39, 0.29) is 5.92 Å². The topological polar surface area (TPSA) is 172 Å². The predicted molar refractivity (Wildman–Crippen MR) is 170 cm³/mol. The van der Waals surface area contributed by atoms with Gasteiger partial charge in [0.25, 0.3) is 0 Å². The minimum Gasteiger partial charge on any atom is -0.467 e. The van der Waals surface area contributed by atoms with Crippen molar-refractivity contribution in [3.05, 3.63) is 12.2 Å². The number of aliphatic hydroxyl groups excluding tert-OH is 2. The molecular weight excluding hydrogens is 582 g/mol. The zero-order valence-corrected chi connectivity index (χ0v) is 28.1. The normalized spacial score (nSPS) is 24.2. The van der Waals surface area contributed by atoms with Gasteiger partial charge in [0.15, 0.2) is 12.1 Å². The summed E-state index contributed by atoms with van der Waals surface area (Å²) in [5, 5.41) is 25.3. The third-order valence-corrected chi connectivity index (χ3v) is 8.24. The van der Waals surface area contributed by atoms with Crippen LogP contribution in [0.3, 0.4) is 0 Å². The molecule has 0 fully saturated rings. The molecule has 0 aliphatic carbocycles. The highest BCUT2D eigenvalue weighted by Crippen LogP contribution is 2.25. The molecule has 258 valence electrons. The molecular formula is C33H57N3O9. The van der Waals surface area contributed by atoms with E-state index in [1.807, 2.05) is 6.92 Å². The third-order valence-electron chi connectivity index (χ3n) is 8.24. The van der Waals surface area contributed by atoms with Crippen LogP contribution in [0.15, 0.2) is 12.2 Å². The number of carbonyl (C=O) groups excluding carboxylic acids is 5. The van der Waals surface area contributed by atoms with E-state index in [0.29, 0.717) is 6.42 Å². The van der Waals surface area contributed by atoms with Gasteiger partial charge in [0.1, 0.15) is 6.10 Å². The van der Waals surface area contributed by atoms with E-state index in [1.54, 1.807) is 6.92 Å². The number of esters is 2. The van der Waals surface area contributed by atoms with Gasteiger partial charge in [-0.1, -0.05) is 98.0 Å². The Balaban J connectivity index is 3.00. The molecule has 0 radical (unpaired) electrons. The van der Waals surface area contributed by atoms with E-state index in [2.05, 4.69) is 29.2 Å². The molecule has 0 saturated carbocycles. The molecule has 12 heteroatoms. The molecule has 1 aliphatic heterocycles. The van der Waals surface area contributed by atoms with Gasteiger partial charge < -0.3 is 35.2 Å². The molecule has 0 aromatic heterocycles. The van der Waals surface area contributed by atoms with Crippen molar-refractivity contribution in [1.29, 1.82) is 0 Å². The molecule has 0 spiro atoms. The quantitative estimate of drug-likeness (QED) is 0.146. The number of amides is 3. The lowest BCUT2D eigenvalue weighted by molar-refractivity contribution is -0.169. The van der Waals surface area contributed by atoms with Gasteiger partial charge in [0.2, 0.25) is 17.7 Å². The Morgan fingerprint density at radius 3 is 2.07 bits per heavy atom. The van der Waals surface area contributed by atoms with Gasteiger partial charge in [0, 0.05) is 13.1 Å². The maximum absolute atomic E-state index is 13.4. The van der Waals surface area contributed by atoms with Gasteiger partial charge in [-0.2, -0.15) is 0 Å². The number of hydrogen-bond acceptors (Lipinski definition) is 9. The predicted octanol–water partition coefficient (Wildman–Crippen LogP) is 2.64. The zero-order chi connectivity index (χ0) is 33.9. The zero-order valence-electron chi connectivity index (χ0n) is 28.1. The van der Waals surface area contributed by atoms with Crippen LogP contribution in [0.2, 0.25) is 0 Å². The van der Waals surface area contributed by atoms with E-state index in [0.717, 1.165) is 49.7 Å². The van der Waals surface area contributed by atoms with Crippen molar-refractivity contribution >= 4 is 29.7 Å². The van der Waals surface area contributed by atoms with E-state index in [4.69, 9.17) is 4.74 Å². The second-order valence-electron chi connectivity index (χ2n) is 12.7. The van der Waals surface area contributed by atoms with E-state index >= 15 is 0 Å². The lowest BCUT2D eigenvalue weighted by Gasteiger charge is -2.31. The minimum absolute atomic E-state index is 0.297. The summed E-state index contributed by atoms with van der Waals surface area (Å²) < 4.78 is 10.3. The van der Waals surface area contributed by atoms with E-state index in [9.17, 15) is 34.2 Å². The summed E-state index contributed by atoms with van der Waals surface area (Å²) in [4.78, 5) is 65.0. The maximum Gasteiger partial charge on any atom is 0.337 e. The first-order chi connectivity index (χ1) is 21.3. The van der Waals surface area contributed by atoms with Crippen molar-refractivity contribution in [2.24, 2.45) is 17.8 Å². The van der Waals surface area contributed by atoms with Crippen LogP contribution in [0.4, 0.5) is 0 Å². The lowest BCUT2D eigenvalue weighted by atomic mass is 9.88. The van der Waals surface area contributed by atoms with Crippen molar-refractivity contribution in [2.45, 2.75) is 123 Å². The molecule has 45 heavy (non-hydrogen) atoms. The second-order valence-corrected chi connectivity index (χ2v) is 12.7. The summed E-state index contributed by atoms with van der Waals surface area (Å²) in [5.41, 5.74) is 0. The monoisotopic (exact) mass is 639 g/mol. The molecule has 0 aromatic carbocycles. The number of aliphatic hydroxyl groups is 2. The number of ether oxygens (including phenoxy) is 2. The van der Waals surface area contributed by atoms with Crippen molar-refractivity contribution in [3.8, 4) is 0 Å². The average Bonchev–Trinajstić information content (AvgIpc) is 3.00. The van der Waals surface area contributed by atoms with Crippen LogP contribution in [-0.2, 0) is 33.4 Å². The second kappa shape index (κ2) is 21.7. The number of nitrogens with zero attached hydrogens (tertiary/aromatic N) is 1. The molecule has 12 nitrogen and oxygen atoms in total. The molecule has 0 saturated heterocycles. The number of likely N-dealkylation sites (N-methyl/N-ethyl adjacent to an activating group) is 1. The largest absolute Gasteiger partial charge is 0.467 e. The Morgan fingerprint density at radius 2 is 1.53 bits per heavy atom. The highest BCUT2D eigenvalue weighted by atomic mass is 16.6. The van der Waals surface area contributed by atoms with Gasteiger partial charge >= 0.3 is 11.9 Å². The highest BCUT2D eigenvalue weighted by Gasteiger charge is 2.40. The number of unbranched alkanes of at least 4 members (excludes halogenated alkanes) is 8. The average molecular weight is 640 g/mol. The lowest BCUT2D eigenvalue weighted by Crippen LogP contribution is -2.56. The van der Waals surface area contributed by atoms with E-state index < -0.39 is 73.0 Å². The highest BCUT2D eigenvalue weighted by molar-refractivity contribution is 5.94. The molecule has 4 N–H and O–H groups in total. The van der Waals surface area contributed by atoms with Crippen LogP contribution in [0, 0.1) is 17.8 Å². The molecule has 1 aliphatic rings. The van der Waals surface area contributed by atoms with Crippen LogP contribution in [0.5, 0.6) is 0 Å². The third kappa shape index (κ3) is 15.2. The number of rotatable bonds is 16. The fourth-order valence-corrected chi connectivity index (χ4v) is 5.32. The van der Waals surface area contributed by atoms with Crippen LogP contribution >= 0.6 is 0 Å². The number of methoxy groups -OCH3 is 1. The van der Waals surface area contributed by atoms with Crippen molar-refractivity contribution < 1.29 is 43.7 Å². The minimum atomic E-state index is -2.09. The van der Waals surface area contributed by atoms with Gasteiger partial charge in [-0.15, -0.1) is 0 Å². The number of hydrogen-bond donors (Lipinski definition) is 4. The molecule has 3 amide bonds. The summed E-state index contributed by atoms with van der Waals surface area (Å²) in [7, 11) is 2.35. The Hall–Kier alpha value is -2.99. The fraction of sp³-hybridized carbons (Fsp3) is 0.788. The van der Waals surface area contributed by atoms with Crippen molar-refractivity contribution in [2.75, 3.05) is 27.3 Å². The Bertz CT molecular complexity index is 971. The maximum atomic E-state index is 13.4. The van der Waals surface area contributed by atoms with Gasteiger partial charge in [-0.05, 0) is 18.3 Å². The van der Waals surface area contributed by atoms with Crippen molar-refractivity contribution in [3.63, 3.8) is 0 Å². The van der Waals surface area contributed by atoms with Gasteiger partial charge in [-0.3, -0.25) is 14.4 Å². The fourth-order valence-electron chi connectivity index (χ4n) is 5.32. The van der Waals surface area contributed by atoms with E-state index in [1.165, 1.54) is 51.6 Å². The smallest absolute Gasteiger partial charge is 0.337 e. The first kappa shape index (κ1) is 40.0. The number of cyclic esters (lactones) is 1. The first-order valence-corrected chi connectivity index (χ1v) is 16.4. The van der Waals surface area contributed by atoms with Crippen molar-refractivity contribution in [1.82, 2.24) is 15.5 Å². The van der Waals surface area contributed by atoms with Gasteiger partial charge in [-0.25, -0.2) is 9.59 Å². The summed E-state index contributed by atoms with van der Waals surface area (Å²) in [6, 6.07) is -2.73.